The van der Waals surface area contributed by atoms with Gasteiger partial charge in [0.05, 0.1) is 11.2 Å². The molecule has 4 saturated carbocycles. The zero-order valence-electron chi connectivity index (χ0n) is 20.0. The van der Waals surface area contributed by atoms with Crippen molar-refractivity contribution in [2.45, 2.75) is 129 Å². The summed E-state index contributed by atoms with van der Waals surface area (Å²) in [5.41, 5.74) is -0.210. The lowest BCUT2D eigenvalue weighted by atomic mass is 9.43. The van der Waals surface area contributed by atoms with E-state index < -0.39 is 5.60 Å². The van der Waals surface area contributed by atoms with Gasteiger partial charge in [0.25, 0.3) is 0 Å². The molecule has 4 rings (SSSR count). The van der Waals surface area contributed by atoms with Gasteiger partial charge in [0.1, 0.15) is 0 Å². The molecule has 168 valence electrons. The Morgan fingerprint density at radius 1 is 0.931 bits per heavy atom. The third kappa shape index (κ3) is 3.63. The molecule has 8 atom stereocenters. The summed E-state index contributed by atoms with van der Waals surface area (Å²) in [6, 6.07) is 0. The predicted octanol–water partition coefficient (Wildman–Crippen LogP) is 6.73. The van der Waals surface area contributed by atoms with E-state index in [1.54, 1.807) is 0 Å². The van der Waals surface area contributed by atoms with Crippen LogP contribution in [0.25, 0.3) is 0 Å². The zero-order valence-corrected chi connectivity index (χ0v) is 20.0. The maximum absolute atomic E-state index is 11.6. The summed E-state index contributed by atoms with van der Waals surface area (Å²) in [6.07, 6.45) is 16.1. The third-order valence-electron chi connectivity index (χ3n) is 11.0. The van der Waals surface area contributed by atoms with Gasteiger partial charge in [-0.2, -0.15) is 0 Å². The molecule has 0 amide bonds. The quantitative estimate of drug-likeness (QED) is 0.533. The maximum atomic E-state index is 11.6. The number of hydrogen-bond acceptors (Lipinski definition) is 2. The molecule has 4 aliphatic carbocycles. The second kappa shape index (κ2) is 7.51. The smallest absolute Gasteiger partial charge is 0.0703 e. The van der Waals surface area contributed by atoms with Gasteiger partial charge in [-0.3, -0.25) is 0 Å². The Labute approximate surface area is 180 Å². The summed E-state index contributed by atoms with van der Waals surface area (Å²) >= 11 is 0. The van der Waals surface area contributed by atoms with Crippen LogP contribution < -0.4 is 0 Å². The number of hydrogen-bond donors (Lipinski definition) is 2. The van der Waals surface area contributed by atoms with Crippen molar-refractivity contribution >= 4 is 0 Å². The Morgan fingerprint density at radius 3 is 2.38 bits per heavy atom. The Balaban J connectivity index is 1.47. The minimum atomic E-state index is -0.520. The second-order valence-electron chi connectivity index (χ2n) is 13.0. The molecule has 0 spiro atoms. The minimum absolute atomic E-state index is 0.173. The molecule has 0 saturated heterocycles. The van der Waals surface area contributed by atoms with Gasteiger partial charge < -0.3 is 10.2 Å². The summed E-state index contributed by atoms with van der Waals surface area (Å²) < 4.78 is 0. The molecule has 29 heavy (non-hydrogen) atoms. The Kier molecular flexibility index (Phi) is 5.73. The van der Waals surface area contributed by atoms with Crippen molar-refractivity contribution in [2.24, 2.45) is 40.4 Å². The van der Waals surface area contributed by atoms with Crippen LogP contribution in [0.15, 0.2) is 0 Å². The lowest BCUT2D eigenvalue weighted by Crippen LogP contribution is -2.61. The first-order valence-corrected chi connectivity index (χ1v) is 12.9. The van der Waals surface area contributed by atoms with Gasteiger partial charge in [0, 0.05) is 0 Å². The molecule has 4 fully saturated rings. The van der Waals surface area contributed by atoms with E-state index in [1.807, 2.05) is 13.8 Å². The van der Waals surface area contributed by atoms with Crippen LogP contribution in [0.3, 0.4) is 0 Å². The summed E-state index contributed by atoms with van der Waals surface area (Å²) in [5, 5.41) is 21.7. The number of aliphatic hydroxyl groups is 2. The van der Waals surface area contributed by atoms with Crippen LogP contribution in [0, 0.1) is 40.4 Å². The normalized spacial score (nSPS) is 48.5. The van der Waals surface area contributed by atoms with Crippen LogP contribution in [-0.2, 0) is 0 Å². The van der Waals surface area contributed by atoms with Gasteiger partial charge in [-0.05, 0) is 112 Å². The monoisotopic (exact) mass is 404 g/mol. The Morgan fingerprint density at radius 2 is 1.66 bits per heavy atom. The molecule has 2 heteroatoms. The highest BCUT2D eigenvalue weighted by molar-refractivity contribution is 5.13. The van der Waals surface area contributed by atoms with Crippen molar-refractivity contribution in [3.8, 4) is 0 Å². The topological polar surface area (TPSA) is 40.5 Å². The van der Waals surface area contributed by atoms with Gasteiger partial charge in [0.15, 0.2) is 0 Å². The summed E-state index contributed by atoms with van der Waals surface area (Å²) in [6.45, 7) is 11.5. The first-order chi connectivity index (χ1) is 13.5. The average molecular weight is 405 g/mol. The summed E-state index contributed by atoms with van der Waals surface area (Å²) in [4.78, 5) is 0. The van der Waals surface area contributed by atoms with Gasteiger partial charge in [-0.25, -0.2) is 0 Å². The van der Waals surface area contributed by atoms with Gasteiger partial charge in [-0.15, -0.1) is 0 Å². The standard InChI is InChI=1S/C27H48O2/c1-19(9-8-14-24(2,3)28)21-10-11-22-20-12-18-27(29)16-7-6-15-26(27,5)23(20)13-17-25(21,22)4/h19-23,28-29H,6-18H2,1-5H3/t19-,20+,21-,22+,23+,25-,26-,27+/m1/s1. The van der Waals surface area contributed by atoms with E-state index in [1.165, 1.54) is 57.8 Å². The van der Waals surface area contributed by atoms with Crippen LogP contribution in [-0.4, -0.2) is 21.4 Å². The van der Waals surface area contributed by atoms with Crippen molar-refractivity contribution < 1.29 is 10.2 Å². The molecule has 0 bridgehead atoms. The fourth-order valence-corrected chi connectivity index (χ4v) is 9.29. The lowest BCUT2D eigenvalue weighted by Gasteiger charge is -2.63. The molecule has 2 nitrogen and oxygen atoms in total. The largest absolute Gasteiger partial charge is 0.390 e. The van der Waals surface area contributed by atoms with Crippen LogP contribution in [0.1, 0.15) is 118 Å². The Bertz CT molecular complexity index is 594. The van der Waals surface area contributed by atoms with Crippen LogP contribution >= 0.6 is 0 Å². The van der Waals surface area contributed by atoms with Crippen LogP contribution in [0.4, 0.5) is 0 Å². The summed E-state index contributed by atoms with van der Waals surface area (Å²) in [7, 11) is 0. The summed E-state index contributed by atoms with van der Waals surface area (Å²) in [5.74, 6) is 4.12. The van der Waals surface area contributed by atoms with Crippen molar-refractivity contribution in [3.63, 3.8) is 0 Å². The molecule has 0 aromatic rings. The number of rotatable bonds is 5. The van der Waals surface area contributed by atoms with E-state index in [9.17, 15) is 10.2 Å². The molecule has 0 radical (unpaired) electrons. The van der Waals surface area contributed by atoms with Crippen molar-refractivity contribution in [1.82, 2.24) is 0 Å². The van der Waals surface area contributed by atoms with Crippen molar-refractivity contribution in [2.75, 3.05) is 0 Å². The first-order valence-electron chi connectivity index (χ1n) is 12.9. The van der Waals surface area contributed by atoms with E-state index in [0.717, 1.165) is 55.3 Å². The van der Waals surface area contributed by atoms with E-state index in [0.29, 0.717) is 5.41 Å². The maximum Gasteiger partial charge on any atom is 0.0703 e. The zero-order chi connectivity index (χ0) is 21.1. The van der Waals surface area contributed by atoms with E-state index in [2.05, 4.69) is 20.8 Å². The Hall–Kier alpha value is -0.0800. The molecule has 4 aliphatic rings. The van der Waals surface area contributed by atoms with Gasteiger partial charge in [0.2, 0.25) is 0 Å². The third-order valence-corrected chi connectivity index (χ3v) is 11.0. The van der Waals surface area contributed by atoms with Gasteiger partial charge in [-0.1, -0.05) is 46.5 Å². The van der Waals surface area contributed by atoms with E-state index >= 15 is 0 Å². The highest BCUT2D eigenvalue weighted by Gasteiger charge is 2.63. The SMILES string of the molecule is C[C@H](CCCC(C)(C)O)[C@H]1CC[C@H]2[C@@H]3CC[C@@]4(O)CCCC[C@]4(C)[C@H]3CC[C@]12C. The van der Waals surface area contributed by atoms with E-state index in [4.69, 9.17) is 0 Å². The molecule has 0 heterocycles. The van der Waals surface area contributed by atoms with Crippen molar-refractivity contribution in [3.05, 3.63) is 0 Å². The molecule has 0 aliphatic heterocycles. The van der Waals surface area contributed by atoms with Crippen molar-refractivity contribution in [1.29, 1.82) is 0 Å². The molecule has 0 aromatic heterocycles. The molecule has 0 unspecified atom stereocenters. The second-order valence-corrected chi connectivity index (χ2v) is 13.0. The first kappa shape index (κ1) is 22.1. The fraction of sp³-hybridized carbons (Fsp3) is 1.00. The molecular weight excluding hydrogens is 356 g/mol. The van der Waals surface area contributed by atoms with Crippen LogP contribution in [0.5, 0.6) is 0 Å². The lowest BCUT2D eigenvalue weighted by molar-refractivity contribution is -0.205. The molecule has 2 N–H and O–H groups in total. The van der Waals surface area contributed by atoms with Gasteiger partial charge >= 0.3 is 0 Å². The fourth-order valence-electron chi connectivity index (χ4n) is 9.29. The molecular formula is C27H48O2. The average Bonchev–Trinajstić information content (AvgIpc) is 2.98. The van der Waals surface area contributed by atoms with Crippen LogP contribution in [0.2, 0.25) is 0 Å². The predicted molar refractivity (Wildman–Crippen MR) is 121 cm³/mol. The highest BCUT2D eigenvalue weighted by Crippen LogP contribution is 2.69. The highest BCUT2D eigenvalue weighted by atomic mass is 16.3. The van der Waals surface area contributed by atoms with E-state index in [-0.39, 0.29) is 11.0 Å². The minimum Gasteiger partial charge on any atom is -0.390 e. The molecule has 0 aromatic carbocycles. The number of fused-ring (bicyclic) bond motifs is 5.